The Labute approximate surface area is 164 Å². The molecule has 3 rings (SSSR count). The van der Waals surface area contributed by atoms with E-state index in [4.69, 9.17) is 4.84 Å². The van der Waals surface area contributed by atoms with Crippen LogP contribution in [0.15, 0.2) is 51.7 Å². The van der Waals surface area contributed by atoms with E-state index in [1.807, 2.05) is 38.1 Å². The fourth-order valence-corrected chi connectivity index (χ4v) is 3.95. The SMILES string of the molecule is CCSc1nnc(NC(=O)c2cccn(OCc3cccc(C)c3)c2=O)s1. The van der Waals surface area contributed by atoms with Crippen LogP contribution in [-0.2, 0) is 6.61 Å². The highest BCUT2D eigenvalue weighted by molar-refractivity contribution is 8.01. The third kappa shape index (κ3) is 4.95. The first-order valence-corrected chi connectivity index (χ1v) is 10.0. The minimum Gasteiger partial charge on any atom is -0.406 e. The van der Waals surface area contributed by atoms with Gasteiger partial charge in [0.05, 0.1) is 0 Å². The molecule has 2 heterocycles. The predicted molar refractivity (Wildman–Crippen MR) is 106 cm³/mol. The second-order valence-corrected chi connectivity index (χ2v) is 8.06. The van der Waals surface area contributed by atoms with Crippen LogP contribution in [-0.4, -0.2) is 26.6 Å². The normalized spacial score (nSPS) is 10.6. The molecule has 2 aromatic heterocycles. The van der Waals surface area contributed by atoms with Gasteiger partial charge in [0.15, 0.2) is 4.34 Å². The van der Waals surface area contributed by atoms with Crippen LogP contribution in [0.3, 0.4) is 0 Å². The number of amides is 1. The van der Waals surface area contributed by atoms with Crippen molar-refractivity contribution >= 4 is 34.1 Å². The van der Waals surface area contributed by atoms with Gasteiger partial charge >= 0.3 is 0 Å². The number of benzene rings is 1. The van der Waals surface area contributed by atoms with Gasteiger partial charge in [-0.25, -0.2) is 0 Å². The summed E-state index contributed by atoms with van der Waals surface area (Å²) < 4.78 is 1.83. The third-order valence-corrected chi connectivity index (χ3v) is 5.36. The second kappa shape index (κ2) is 8.83. The van der Waals surface area contributed by atoms with E-state index in [0.717, 1.165) is 25.9 Å². The molecule has 0 atom stereocenters. The monoisotopic (exact) mass is 402 g/mol. The van der Waals surface area contributed by atoms with Crippen LogP contribution < -0.4 is 15.7 Å². The van der Waals surface area contributed by atoms with Gasteiger partial charge in [-0.1, -0.05) is 59.9 Å². The molecule has 0 aliphatic heterocycles. The molecular weight excluding hydrogens is 384 g/mol. The fourth-order valence-electron chi connectivity index (χ4n) is 2.30. The Kier molecular flexibility index (Phi) is 6.25. The van der Waals surface area contributed by atoms with Crippen molar-refractivity contribution in [2.45, 2.75) is 24.8 Å². The maximum Gasteiger partial charge on any atom is 0.295 e. The van der Waals surface area contributed by atoms with E-state index in [-0.39, 0.29) is 12.2 Å². The zero-order chi connectivity index (χ0) is 19.2. The molecule has 0 saturated carbocycles. The van der Waals surface area contributed by atoms with Crippen molar-refractivity contribution in [3.8, 4) is 0 Å². The molecule has 0 aliphatic rings. The van der Waals surface area contributed by atoms with Crippen LogP contribution >= 0.6 is 23.1 Å². The highest BCUT2D eigenvalue weighted by Crippen LogP contribution is 2.25. The van der Waals surface area contributed by atoms with Gasteiger partial charge in [0.2, 0.25) is 5.13 Å². The van der Waals surface area contributed by atoms with Crippen molar-refractivity contribution in [1.29, 1.82) is 0 Å². The van der Waals surface area contributed by atoms with Crippen LogP contribution in [0.2, 0.25) is 0 Å². The molecule has 0 spiro atoms. The topological polar surface area (TPSA) is 86.1 Å². The molecule has 7 nitrogen and oxygen atoms in total. The molecular formula is C18H18N4O3S2. The van der Waals surface area contributed by atoms with Gasteiger partial charge < -0.3 is 4.84 Å². The number of anilines is 1. The van der Waals surface area contributed by atoms with E-state index in [2.05, 4.69) is 15.5 Å². The molecule has 0 bridgehead atoms. The maximum atomic E-state index is 12.5. The van der Waals surface area contributed by atoms with Crippen molar-refractivity contribution in [2.75, 3.05) is 11.1 Å². The highest BCUT2D eigenvalue weighted by atomic mass is 32.2. The van der Waals surface area contributed by atoms with Crippen molar-refractivity contribution in [1.82, 2.24) is 14.9 Å². The molecule has 140 valence electrons. The van der Waals surface area contributed by atoms with E-state index in [9.17, 15) is 9.59 Å². The molecule has 27 heavy (non-hydrogen) atoms. The minimum atomic E-state index is -0.544. The first kappa shape index (κ1) is 19.1. The van der Waals surface area contributed by atoms with Gasteiger partial charge in [-0.05, 0) is 30.4 Å². The average Bonchev–Trinajstić information content (AvgIpc) is 3.08. The number of aryl methyl sites for hydroxylation is 1. The van der Waals surface area contributed by atoms with Crippen molar-refractivity contribution in [3.63, 3.8) is 0 Å². The van der Waals surface area contributed by atoms with E-state index < -0.39 is 11.5 Å². The Morgan fingerprint density at radius 2 is 2.15 bits per heavy atom. The van der Waals surface area contributed by atoms with Gasteiger partial charge in [0, 0.05) is 6.20 Å². The lowest BCUT2D eigenvalue weighted by molar-refractivity contribution is 0.0863. The Balaban J connectivity index is 1.71. The number of hydrogen-bond acceptors (Lipinski definition) is 7. The number of rotatable bonds is 7. The van der Waals surface area contributed by atoms with Gasteiger partial charge in [-0.2, -0.15) is 4.73 Å². The van der Waals surface area contributed by atoms with Crippen molar-refractivity contribution in [2.24, 2.45) is 0 Å². The number of nitrogens with zero attached hydrogens (tertiary/aromatic N) is 3. The van der Waals surface area contributed by atoms with Gasteiger partial charge in [-0.3, -0.25) is 14.9 Å². The highest BCUT2D eigenvalue weighted by Gasteiger charge is 2.15. The van der Waals surface area contributed by atoms with E-state index in [1.165, 1.54) is 35.4 Å². The Hall–Kier alpha value is -2.65. The summed E-state index contributed by atoms with van der Waals surface area (Å²) in [5.74, 6) is 0.322. The Bertz CT molecular complexity index is 1000. The van der Waals surface area contributed by atoms with Crippen LogP contribution in [0, 0.1) is 6.92 Å². The average molecular weight is 403 g/mol. The number of aromatic nitrogens is 3. The molecule has 3 aromatic rings. The molecule has 0 saturated heterocycles. The zero-order valence-corrected chi connectivity index (χ0v) is 16.5. The predicted octanol–water partition coefficient (Wildman–Crippen LogP) is 3.00. The van der Waals surface area contributed by atoms with Gasteiger partial charge in [-0.15, -0.1) is 10.2 Å². The first-order chi connectivity index (χ1) is 13.1. The maximum absolute atomic E-state index is 12.5. The number of thioether (sulfide) groups is 1. The molecule has 1 aromatic carbocycles. The molecule has 0 fully saturated rings. The summed E-state index contributed by atoms with van der Waals surface area (Å²) in [5, 5.41) is 10.8. The van der Waals surface area contributed by atoms with Crippen molar-refractivity contribution < 1.29 is 9.63 Å². The quantitative estimate of drug-likeness (QED) is 0.483. The molecule has 0 unspecified atom stereocenters. The van der Waals surface area contributed by atoms with Gasteiger partial charge in [0.25, 0.3) is 11.5 Å². The molecule has 1 N–H and O–H groups in total. The summed E-state index contributed by atoms with van der Waals surface area (Å²) >= 11 is 2.81. The number of carbonyl (C=O) groups is 1. The van der Waals surface area contributed by atoms with E-state index in [0.29, 0.717) is 5.13 Å². The zero-order valence-electron chi connectivity index (χ0n) is 14.8. The van der Waals surface area contributed by atoms with Gasteiger partial charge in [0.1, 0.15) is 12.2 Å². The number of nitrogens with one attached hydrogen (secondary N) is 1. The summed E-state index contributed by atoms with van der Waals surface area (Å²) in [6.07, 6.45) is 1.48. The third-order valence-electron chi connectivity index (χ3n) is 3.51. The van der Waals surface area contributed by atoms with E-state index in [1.54, 1.807) is 6.07 Å². The Morgan fingerprint density at radius 1 is 1.30 bits per heavy atom. The van der Waals surface area contributed by atoms with Crippen LogP contribution in [0.25, 0.3) is 0 Å². The number of pyridine rings is 1. The molecule has 0 aliphatic carbocycles. The Morgan fingerprint density at radius 3 is 2.93 bits per heavy atom. The largest absolute Gasteiger partial charge is 0.406 e. The summed E-state index contributed by atoms with van der Waals surface area (Å²) in [4.78, 5) is 30.5. The second-order valence-electron chi connectivity index (χ2n) is 5.58. The summed E-state index contributed by atoms with van der Waals surface area (Å²) in [6.45, 7) is 4.21. The van der Waals surface area contributed by atoms with Crippen LogP contribution in [0.4, 0.5) is 5.13 Å². The lowest BCUT2D eigenvalue weighted by atomic mass is 10.1. The standard InChI is InChI=1S/C18H18N4O3S2/c1-3-26-18-21-20-17(27-18)19-15(23)14-8-5-9-22(16(14)24)25-11-13-7-4-6-12(2)10-13/h4-10H,3,11H2,1-2H3,(H,19,20,23). The minimum absolute atomic E-state index is 0.0263. The lowest BCUT2D eigenvalue weighted by Gasteiger charge is -2.10. The smallest absolute Gasteiger partial charge is 0.295 e. The fraction of sp³-hybridized carbons (Fsp3) is 0.222. The molecule has 1 amide bonds. The van der Waals surface area contributed by atoms with Crippen LogP contribution in [0.1, 0.15) is 28.4 Å². The van der Waals surface area contributed by atoms with Crippen LogP contribution in [0.5, 0.6) is 0 Å². The summed E-state index contributed by atoms with van der Waals surface area (Å²) in [5.41, 5.74) is 1.48. The van der Waals surface area contributed by atoms with E-state index >= 15 is 0 Å². The van der Waals surface area contributed by atoms with Crippen molar-refractivity contribution in [3.05, 3.63) is 69.6 Å². The summed E-state index contributed by atoms with van der Waals surface area (Å²) in [7, 11) is 0. The number of carbonyl (C=O) groups excluding carboxylic acids is 1. The lowest BCUT2D eigenvalue weighted by Crippen LogP contribution is -2.32. The first-order valence-electron chi connectivity index (χ1n) is 8.25. The molecule has 9 heteroatoms. The summed E-state index contributed by atoms with van der Waals surface area (Å²) in [6, 6.07) is 10.8. The molecule has 0 radical (unpaired) electrons. The number of hydrogen-bond donors (Lipinski definition) is 1.